The van der Waals surface area contributed by atoms with Crippen LogP contribution in [0.4, 0.5) is 8.78 Å². The van der Waals surface area contributed by atoms with Crippen LogP contribution in [0.2, 0.25) is 0 Å². The van der Waals surface area contributed by atoms with Gasteiger partial charge in [-0.2, -0.15) is 8.78 Å². The van der Waals surface area contributed by atoms with Crippen LogP contribution in [0.3, 0.4) is 0 Å². The van der Waals surface area contributed by atoms with Crippen molar-refractivity contribution < 1.29 is 27.5 Å². The number of rotatable bonds is 9. The summed E-state index contributed by atoms with van der Waals surface area (Å²) in [6.07, 6.45) is -2.84. The van der Waals surface area contributed by atoms with Crippen molar-refractivity contribution in [2.45, 2.75) is 19.5 Å². The molecule has 1 aromatic heterocycles. The average Bonchev–Trinajstić information content (AvgIpc) is 3.40. The molecule has 0 saturated heterocycles. The van der Waals surface area contributed by atoms with E-state index in [0.29, 0.717) is 37.4 Å². The van der Waals surface area contributed by atoms with E-state index in [2.05, 4.69) is 10.2 Å². The van der Waals surface area contributed by atoms with Crippen molar-refractivity contribution in [3.63, 3.8) is 0 Å². The fourth-order valence-corrected chi connectivity index (χ4v) is 3.42. The summed E-state index contributed by atoms with van der Waals surface area (Å²) in [5, 5.41) is 10.5. The molecule has 10 heteroatoms. The molecule has 4 rings (SSSR count). The van der Waals surface area contributed by atoms with Gasteiger partial charge in [0.2, 0.25) is 5.89 Å². The molecule has 168 valence electrons. The van der Waals surface area contributed by atoms with Crippen molar-refractivity contribution in [1.82, 2.24) is 20.2 Å². The van der Waals surface area contributed by atoms with Crippen molar-refractivity contribution in [3.8, 4) is 17.2 Å². The normalized spacial score (nSPS) is 13.3. The molecule has 32 heavy (non-hydrogen) atoms. The summed E-state index contributed by atoms with van der Waals surface area (Å²) in [5.41, 5.74) is 2.75. The monoisotopic (exact) mass is 444 g/mol. The lowest BCUT2D eigenvalue weighted by Crippen LogP contribution is -2.39. The van der Waals surface area contributed by atoms with E-state index in [-0.39, 0.29) is 11.8 Å². The van der Waals surface area contributed by atoms with Crippen LogP contribution < -0.4 is 4.74 Å². The summed E-state index contributed by atoms with van der Waals surface area (Å²) >= 11 is 0. The number of methoxy groups -OCH3 is 1. The fourth-order valence-electron chi connectivity index (χ4n) is 3.42. The highest BCUT2D eigenvalue weighted by Gasteiger charge is 2.31. The van der Waals surface area contributed by atoms with Gasteiger partial charge in [-0.3, -0.25) is 9.80 Å². The Morgan fingerprint density at radius 1 is 1.16 bits per heavy atom. The van der Waals surface area contributed by atoms with Crippen LogP contribution in [0.25, 0.3) is 11.5 Å². The third-order valence-corrected chi connectivity index (χ3v) is 5.07. The second-order valence-electron chi connectivity index (χ2n) is 7.28. The minimum atomic E-state index is -2.84. The van der Waals surface area contributed by atoms with Crippen molar-refractivity contribution in [2.75, 3.05) is 27.4 Å². The number of hydrogen-bond acceptors (Lipinski definition) is 7. The first-order valence-corrected chi connectivity index (χ1v) is 9.94. The molecule has 1 aliphatic rings. The maximum atomic E-state index is 13.0. The number of benzene rings is 2. The Morgan fingerprint density at radius 3 is 2.62 bits per heavy atom. The predicted octanol–water partition coefficient (Wildman–Crippen LogP) is 3.70. The maximum absolute atomic E-state index is 13.0. The third kappa shape index (κ3) is 4.61. The number of carbonyl (C=O) groups excluding carboxylic acids is 1. The molecule has 0 aliphatic carbocycles. The molecular weight excluding hydrogens is 422 g/mol. The fraction of sp³-hybridized carbons (Fsp3) is 0.318. The zero-order valence-corrected chi connectivity index (χ0v) is 17.6. The molecular formula is C22H22F2N4O4. The Labute approximate surface area is 183 Å². The van der Waals surface area contributed by atoms with Crippen LogP contribution in [0.15, 0.2) is 46.9 Å². The average molecular weight is 444 g/mol. The van der Waals surface area contributed by atoms with E-state index in [9.17, 15) is 13.6 Å². The number of fused-ring (bicyclic) bond motifs is 1. The lowest BCUT2D eigenvalue weighted by Gasteiger charge is -2.27. The number of ether oxygens (including phenoxy) is 2. The van der Waals surface area contributed by atoms with E-state index in [1.165, 1.54) is 0 Å². The number of hydrogen-bond donors (Lipinski definition) is 0. The number of carbonyl (C=O) groups is 1. The SMILES string of the molecule is COCCOc1ccc(CN(C)N2Cc3ccc(-c4nnc(C(F)F)o4)cc3C2=O)cc1. The topological polar surface area (TPSA) is 80.9 Å². The van der Waals surface area contributed by atoms with Crippen LogP contribution in [-0.2, 0) is 17.8 Å². The molecule has 0 N–H and O–H groups in total. The van der Waals surface area contributed by atoms with Gasteiger partial charge in [0.15, 0.2) is 0 Å². The number of nitrogens with zero attached hydrogens (tertiary/aromatic N) is 4. The van der Waals surface area contributed by atoms with Gasteiger partial charge in [0.05, 0.1) is 13.2 Å². The van der Waals surface area contributed by atoms with Crippen molar-refractivity contribution in [3.05, 3.63) is 65.0 Å². The summed E-state index contributed by atoms with van der Waals surface area (Å²) in [5.74, 6) is -0.224. The highest BCUT2D eigenvalue weighted by atomic mass is 19.3. The Hall–Kier alpha value is -3.37. The van der Waals surface area contributed by atoms with Crippen LogP contribution in [-0.4, -0.2) is 53.5 Å². The molecule has 0 atom stereocenters. The van der Waals surface area contributed by atoms with Gasteiger partial charge in [-0.25, -0.2) is 5.01 Å². The molecule has 0 fully saturated rings. The molecule has 2 aromatic carbocycles. The lowest BCUT2D eigenvalue weighted by atomic mass is 10.1. The second-order valence-corrected chi connectivity index (χ2v) is 7.28. The van der Waals surface area contributed by atoms with Gasteiger partial charge in [0.25, 0.3) is 11.8 Å². The molecule has 8 nitrogen and oxygen atoms in total. The minimum absolute atomic E-state index is 0.0458. The highest BCUT2D eigenvalue weighted by Crippen LogP contribution is 2.30. The quantitative estimate of drug-likeness (QED) is 0.466. The largest absolute Gasteiger partial charge is 0.491 e. The smallest absolute Gasteiger partial charge is 0.314 e. The first-order valence-electron chi connectivity index (χ1n) is 9.94. The van der Waals surface area contributed by atoms with E-state index in [4.69, 9.17) is 13.9 Å². The van der Waals surface area contributed by atoms with E-state index in [0.717, 1.165) is 16.9 Å². The van der Waals surface area contributed by atoms with E-state index < -0.39 is 12.3 Å². The summed E-state index contributed by atoms with van der Waals surface area (Å²) in [6, 6.07) is 12.7. The highest BCUT2D eigenvalue weighted by molar-refractivity contribution is 5.99. The first-order chi connectivity index (χ1) is 15.5. The molecule has 1 aliphatic heterocycles. The van der Waals surface area contributed by atoms with E-state index in [1.807, 2.05) is 36.3 Å². The summed E-state index contributed by atoms with van der Waals surface area (Å²) in [7, 11) is 3.45. The Bertz CT molecular complexity index is 1090. The van der Waals surface area contributed by atoms with E-state index in [1.54, 1.807) is 30.3 Å². The van der Waals surface area contributed by atoms with Crippen molar-refractivity contribution in [2.24, 2.45) is 0 Å². The molecule has 0 radical (unpaired) electrons. The van der Waals surface area contributed by atoms with Crippen molar-refractivity contribution in [1.29, 1.82) is 0 Å². The first kappa shape index (κ1) is 21.8. The second kappa shape index (κ2) is 9.41. The van der Waals surface area contributed by atoms with Crippen LogP contribution in [0, 0.1) is 0 Å². The molecule has 2 heterocycles. The lowest BCUT2D eigenvalue weighted by molar-refractivity contribution is 0.00271. The molecule has 1 amide bonds. The predicted molar refractivity (Wildman–Crippen MR) is 110 cm³/mol. The molecule has 0 bridgehead atoms. The van der Waals surface area contributed by atoms with Crippen LogP contribution >= 0.6 is 0 Å². The molecule has 3 aromatic rings. The minimum Gasteiger partial charge on any atom is -0.491 e. The molecule has 0 saturated carbocycles. The number of hydrazine groups is 1. The standard InChI is InChI=1S/C22H22F2N4O4/c1-27(12-14-3-7-17(8-4-14)31-10-9-30-2)28-13-16-6-5-15(11-18(16)22(28)29)20-25-26-21(32-20)19(23)24/h3-8,11,19H,9-10,12-13H2,1-2H3. The van der Waals surface area contributed by atoms with Gasteiger partial charge >= 0.3 is 6.43 Å². The van der Waals surface area contributed by atoms with Gasteiger partial charge in [0.1, 0.15) is 12.4 Å². The molecule has 0 unspecified atom stereocenters. The van der Waals surface area contributed by atoms with Crippen LogP contribution in [0.1, 0.15) is 33.8 Å². The zero-order valence-electron chi connectivity index (χ0n) is 17.6. The number of alkyl halides is 2. The number of aromatic nitrogens is 2. The van der Waals surface area contributed by atoms with Gasteiger partial charge in [-0.1, -0.05) is 18.2 Å². The summed E-state index contributed by atoms with van der Waals surface area (Å²) < 4.78 is 41.0. The Kier molecular flexibility index (Phi) is 6.42. The van der Waals surface area contributed by atoms with Gasteiger partial charge in [-0.05, 0) is 35.4 Å². The van der Waals surface area contributed by atoms with E-state index >= 15 is 0 Å². The van der Waals surface area contributed by atoms with Crippen molar-refractivity contribution >= 4 is 5.91 Å². The number of halogens is 2. The molecule has 0 spiro atoms. The summed E-state index contributed by atoms with van der Waals surface area (Å²) in [6.45, 7) is 1.93. The van der Waals surface area contributed by atoms with Crippen LogP contribution in [0.5, 0.6) is 5.75 Å². The Balaban J connectivity index is 1.42. The maximum Gasteiger partial charge on any atom is 0.314 e. The van der Waals surface area contributed by atoms with Gasteiger partial charge in [0, 0.05) is 31.8 Å². The third-order valence-electron chi connectivity index (χ3n) is 5.07. The zero-order chi connectivity index (χ0) is 22.7. The number of amides is 1. The van der Waals surface area contributed by atoms with Gasteiger partial charge < -0.3 is 13.9 Å². The van der Waals surface area contributed by atoms with Gasteiger partial charge in [-0.15, -0.1) is 10.2 Å². The Morgan fingerprint density at radius 2 is 1.94 bits per heavy atom. The summed E-state index contributed by atoms with van der Waals surface area (Å²) in [4.78, 5) is 13.0.